The molecule has 0 radical (unpaired) electrons. The quantitative estimate of drug-likeness (QED) is 0.571. The van der Waals surface area contributed by atoms with E-state index in [1.54, 1.807) is 18.2 Å². The highest BCUT2D eigenvalue weighted by atomic mass is 16.5. The Bertz CT molecular complexity index is 941. The van der Waals surface area contributed by atoms with Crippen LogP contribution in [-0.2, 0) is 4.74 Å². The molecule has 0 aliphatic carbocycles. The topological polar surface area (TPSA) is 62.4 Å². The van der Waals surface area contributed by atoms with Crippen molar-refractivity contribution in [2.24, 2.45) is 0 Å². The molecule has 2 aromatic carbocycles. The molecule has 0 fully saturated rings. The summed E-state index contributed by atoms with van der Waals surface area (Å²) >= 11 is 0. The fourth-order valence-electron chi connectivity index (χ4n) is 2.83. The highest BCUT2D eigenvalue weighted by Crippen LogP contribution is 2.22. The average molecular weight is 336 g/mol. The second-order valence-corrected chi connectivity index (χ2v) is 6.11. The highest BCUT2D eigenvalue weighted by Gasteiger charge is 2.18. The summed E-state index contributed by atoms with van der Waals surface area (Å²) in [7, 11) is 3.79. The van der Waals surface area contributed by atoms with E-state index in [1.807, 2.05) is 56.3 Å². The molecule has 3 aromatic rings. The van der Waals surface area contributed by atoms with Gasteiger partial charge in [-0.05, 0) is 31.2 Å². The first kappa shape index (κ1) is 16.8. The molecule has 128 valence electrons. The lowest BCUT2D eigenvalue weighted by molar-refractivity contribution is 0.0475. The van der Waals surface area contributed by atoms with E-state index < -0.39 is 5.97 Å². The summed E-state index contributed by atoms with van der Waals surface area (Å²) in [6.07, 6.45) is 0. The van der Waals surface area contributed by atoms with Crippen molar-refractivity contribution in [3.05, 3.63) is 65.4 Å². The molecule has 0 unspecified atom stereocenters. The Labute approximate surface area is 146 Å². The van der Waals surface area contributed by atoms with Crippen LogP contribution < -0.4 is 4.90 Å². The number of ether oxygens (including phenoxy) is 1. The maximum absolute atomic E-state index is 12.5. The van der Waals surface area contributed by atoms with Gasteiger partial charge in [-0.1, -0.05) is 24.3 Å². The predicted molar refractivity (Wildman–Crippen MR) is 98.4 cm³/mol. The number of aromatic nitrogens is 1. The predicted octanol–water partition coefficient (Wildman–Crippen LogP) is 3.58. The molecule has 0 spiro atoms. The monoisotopic (exact) mass is 336 g/mol. The number of carbonyl (C=O) groups is 2. The van der Waals surface area contributed by atoms with Crippen molar-refractivity contribution in [3.63, 3.8) is 0 Å². The number of H-pyrrole nitrogens is 1. The Kier molecular flexibility index (Phi) is 4.57. The van der Waals surface area contributed by atoms with Gasteiger partial charge in [0.15, 0.2) is 6.61 Å². The Morgan fingerprint density at radius 3 is 2.60 bits per heavy atom. The molecule has 1 heterocycles. The van der Waals surface area contributed by atoms with Crippen LogP contribution in [0.4, 0.5) is 5.69 Å². The fraction of sp³-hybridized carbons (Fsp3) is 0.200. The molecule has 0 aliphatic heterocycles. The molecular formula is C20H20N2O3. The number of aromatic amines is 1. The van der Waals surface area contributed by atoms with Crippen LogP contribution in [0.1, 0.15) is 26.4 Å². The minimum Gasteiger partial charge on any atom is -0.454 e. The number of anilines is 1. The zero-order valence-corrected chi connectivity index (χ0v) is 14.5. The van der Waals surface area contributed by atoms with Crippen LogP contribution in [0.15, 0.2) is 48.5 Å². The Balaban J connectivity index is 1.74. The third-order valence-corrected chi connectivity index (χ3v) is 4.11. The third kappa shape index (κ3) is 3.40. The van der Waals surface area contributed by atoms with Gasteiger partial charge in [0.25, 0.3) is 0 Å². The van der Waals surface area contributed by atoms with Crippen LogP contribution >= 0.6 is 0 Å². The maximum atomic E-state index is 12.5. The smallest absolute Gasteiger partial charge is 0.338 e. The molecule has 0 atom stereocenters. The van der Waals surface area contributed by atoms with Crippen molar-refractivity contribution >= 4 is 28.3 Å². The summed E-state index contributed by atoms with van der Waals surface area (Å²) in [6, 6.07) is 14.7. The number of aryl methyl sites for hydroxylation is 1. The molecule has 1 N–H and O–H groups in total. The first-order valence-electron chi connectivity index (χ1n) is 8.02. The zero-order chi connectivity index (χ0) is 18.0. The molecule has 0 saturated carbocycles. The number of Topliss-reactive ketones (excluding diaryl/α,β-unsaturated/α-hetero) is 1. The molecule has 5 nitrogen and oxygen atoms in total. The molecule has 0 saturated heterocycles. The van der Waals surface area contributed by atoms with Crippen molar-refractivity contribution in [2.45, 2.75) is 6.92 Å². The standard InChI is InChI=1S/C20H20N2O3/c1-13-19(16-9-4-5-10-17(16)21-13)18(23)12-25-20(24)14-7-6-8-15(11-14)22(2)3/h4-11,21H,12H2,1-3H3. The minimum absolute atomic E-state index is 0.216. The SMILES string of the molecule is Cc1[nH]c2ccccc2c1C(=O)COC(=O)c1cccc(N(C)C)c1. The van der Waals surface area contributed by atoms with Crippen molar-refractivity contribution < 1.29 is 14.3 Å². The van der Waals surface area contributed by atoms with E-state index in [4.69, 9.17) is 4.74 Å². The Morgan fingerprint density at radius 2 is 1.84 bits per heavy atom. The van der Waals surface area contributed by atoms with Gasteiger partial charge in [-0.15, -0.1) is 0 Å². The maximum Gasteiger partial charge on any atom is 0.338 e. The number of hydrogen-bond donors (Lipinski definition) is 1. The van der Waals surface area contributed by atoms with Crippen LogP contribution in [0, 0.1) is 6.92 Å². The number of nitrogens with one attached hydrogen (secondary N) is 1. The van der Waals surface area contributed by atoms with E-state index in [0.29, 0.717) is 11.1 Å². The number of fused-ring (bicyclic) bond motifs is 1. The van der Waals surface area contributed by atoms with E-state index in [9.17, 15) is 9.59 Å². The summed E-state index contributed by atoms with van der Waals surface area (Å²) in [4.78, 5) is 29.9. The van der Waals surface area contributed by atoms with Gasteiger partial charge in [0.1, 0.15) is 0 Å². The normalized spacial score (nSPS) is 10.7. The molecule has 0 aliphatic rings. The van der Waals surface area contributed by atoms with E-state index in [0.717, 1.165) is 22.3 Å². The largest absolute Gasteiger partial charge is 0.454 e. The number of para-hydroxylation sites is 1. The summed E-state index contributed by atoms with van der Waals surface area (Å²) in [6.45, 7) is 1.56. The van der Waals surface area contributed by atoms with E-state index in [-0.39, 0.29) is 12.4 Å². The first-order chi connectivity index (χ1) is 12.0. The number of nitrogens with zero attached hydrogens (tertiary/aromatic N) is 1. The van der Waals surface area contributed by atoms with E-state index in [1.165, 1.54) is 0 Å². The van der Waals surface area contributed by atoms with Crippen molar-refractivity contribution in [2.75, 3.05) is 25.6 Å². The number of rotatable bonds is 5. The van der Waals surface area contributed by atoms with Crippen LogP contribution in [0.25, 0.3) is 10.9 Å². The molecule has 1 aromatic heterocycles. The second kappa shape index (κ2) is 6.81. The minimum atomic E-state index is -0.505. The van der Waals surface area contributed by atoms with Gasteiger partial charge in [-0.3, -0.25) is 4.79 Å². The first-order valence-corrected chi connectivity index (χ1v) is 8.02. The molecule has 3 rings (SSSR count). The number of carbonyl (C=O) groups excluding carboxylic acids is 2. The van der Waals surface area contributed by atoms with Gasteiger partial charge in [-0.25, -0.2) is 4.79 Å². The average Bonchev–Trinajstić information content (AvgIpc) is 2.95. The van der Waals surface area contributed by atoms with Crippen LogP contribution in [0.5, 0.6) is 0 Å². The van der Waals surface area contributed by atoms with E-state index >= 15 is 0 Å². The van der Waals surface area contributed by atoms with Crippen LogP contribution in [0.3, 0.4) is 0 Å². The lowest BCUT2D eigenvalue weighted by Crippen LogP contribution is -2.15. The van der Waals surface area contributed by atoms with Crippen LogP contribution in [0.2, 0.25) is 0 Å². The van der Waals surface area contributed by atoms with E-state index in [2.05, 4.69) is 4.98 Å². The fourth-order valence-corrected chi connectivity index (χ4v) is 2.83. The van der Waals surface area contributed by atoms with Gasteiger partial charge < -0.3 is 14.6 Å². The third-order valence-electron chi connectivity index (χ3n) is 4.11. The Morgan fingerprint density at radius 1 is 1.08 bits per heavy atom. The summed E-state index contributed by atoms with van der Waals surface area (Å²) < 4.78 is 5.23. The van der Waals surface area contributed by atoms with Crippen LogP contribution in [-0.4, -0.2) is 37.4 Å². The van der Waals surface area contributed by atoms with Crippen molar-refractivity contribution in [3.8, 4) is 0 Å². The van der Waals surface area contributed by atoms with Gasteiger partial charge >= 0.3 is 5.97 Å². The molecule has 25 heavy (non-hydrogen) atoms. The highest BCUT2D eigenvalue weighted by molar-refractivity contribution is 6.10. The summed E-state index contributed by atoms with van der Waals surface area (Å²) in [5.74, 6) is -0.721. The number of esters is 1. The van der Waals surface area contributed by atoms with Crippen molar-refractivity contribution in [1.29, 1.82) is 0 Å². The lowest BCUT2D eigenvalue weighted by Gasteiger charge is -2.13. The van der Waals surface area contributed by atoms with Crippen molar-refractivity contribution in [1.82, 2.24) is 4.98 Å². The summed E-state index contributed by atoms with van der Waals surface area (Å²) in [5.41, 5.74) is 3.57. The van der Waals surface area contributed by atoms with Gasteiger partial charge in [0, 0.05) is 41.9 Å². The Hall–Kier alpha value is -3.08. The number of benzene rings is 2. The second-order valence-electron chi connectivity index (χ2n) is 6.11. The van der Waals surface area contributed by atoms with Gasteiger partial charge in [0.05, 0.1) is 5.56 Å². The molecule has 5 heteroatoms. The molecule has 0 amide bonds. The lowest BCUT2D eigenvalue weighted by atomic mass is 10.1. The zero-order valence-electron chi connectivity index (χ0n) is 14.5. The number of hydrogen-bond acceptors (Lipinski definition) is 4. The van der Waals surface area contributed by atoms with Gasteiger partial charge in [0.2, 0.25) is 5.78 Å². The molecular weight excluding hydrogens is 316 g/mol. The van der Waals surface area contributed by atoms with Gasteiger partial charge in [-0.2, -0.15) is 0 Å². The number of ketones is 1. The molecule has 0 bridgehead atoms. The summed E-state index contributed by atoms with van der Waals surface area (Å²) in [5, 5.41) is 0.843.